The monoisotopic (exact) mass is 400 g/mol. The lowest BCUT2D eigenvalue weighted by molar-refractivity contribution is 0.101. The zero-order valence-electron chi connectivity index (χ0n) is 16.6. The van der Waals surface area contributed by atoms with Gasteiger partial charge in [0.2, 0.25) is 5.82 Å². The van der Waals surface area contributed by atoms with Crippen molar-refractivity contribution >= 4 is 11.6 Å². The van der Waals surface area contributed by atoms with Crippen molar-refractivity contribution in [1.29, 1.82) is 0 Å². The first-order chi connectivity index (χ1) is 14.7. The molecule has 4 rings (SSSR count). The fourth-order valence-electron chi connectivity index (χ4n) is 3.03. The third kappa shape index (κ3) is 3.86. The molecule has 0 aliphatic rings. The van der Waals surface area contributed by atoms with Crippen LogP contribution < -0.4 is 14.8 Å². The quantitative estimate of drug-likeness (QED) is 0.525. The van der Waals surface area contributed by atoms with Gasteiger partial charge in [0, 0.05) is 17.3 Å². The van der Waals surface area contributed by atoms with Crippen LogP contribution >= 0.6 is 0 Å². The Hall–Kier alpha value is -4.13. The van der Waals surface area contributed by atoms with Gasteiger partial charge in [-0.2, -0.15) is 0 Å². The number of nitrogens with one attached hydrogen (secondary N) is 1. The number of hydrogen-bond donors (Lipinski definition) is 1. The third-order valence-corrected chi connectivity index (χ3v) is 4.48. The molecule has 3 aromatic carbocycles. The Morgan fingerprint density at radius 3 is 2.20 bits per heavy atom. The van der Waals surface area contributed by atoms with E-state index in [1.54, 1.807) is 37.1 Å². The van der Waals surface area contributed by atoms with Gasteiger partial charge in [-0.1, -0.05) is 48.5 Å². The number of aromatic nitrogens is 3. The fraction of sp³-hybridized carbons (Fsp3) is 0.0870. The van der Waals surface area contributed by atoms with Gasteiger partial charge in [-0.3, -0.25) is 4.79 Å². The Bertz CT molecular complexity index is 1100. The van der Waals surface area contributed by atoms with Crippen molar-refractivity contribution in [2.45, 2.75) is 0 Å². The molecule has 150 valence electrons. The normalized spacial score (nSPS) is 10.5. The highest BCUT2D eigenvalue weighted by atomic mass is 16.5. The molecule has 1 N–H and O–H groups in total. The number of rotatable bonds is 6. The second kappa shape index (κ2) is 8.48. The van der Waals surface area contributed by atoms with Gasteiger partial charge in [0.1, 0.15) is 0 Å². The van der Waals surface area contributed by atoms with E-state index in [1.807, 2.05) is 60.7 Å². The summed E-state index contributed by atoms with van der Waals surface area (Å²) >= 11 is 0. The molecule has 0 atom stereocenters. The predicted octanol–water partition coefficient (Wildman–Crippen LogP) is 4.20. The van der Waals surface area contributed by atoms with Crippen LogP contribution in [0.3, 0.4) is 0 Å². The Balaban J connectivity index is 1.69. The molecule has 0 bridgehead atoms. The molecule has 1 amide bonds. The highest BCUT2D eigenvalue weighted by Gasteiger charge is 2.19. The van der Waals surface area contributed by atoms with E-state index in [9.17, 15) is 4.79 Å². The van der Waals surface area contributed by atoms with E-state index >= 15 is 0 Å². The number of hydrogen-bond acceptors (Lipinski definition) is 5. The molecule has 7 heteroatoms. The lowest BCUT2D eigenvalue weighted by Crippen LogP contribution is -2.14. The van der Waals surface area contributed by atoms with Crippen LogP contribution in [0.5, 0.6) is 11.5 Å². The molecule has 0 unspecified atom stereocenters. The maximum atomic E-state index is 12.9. The molecule has 0 saturated heterocycles. The Labute approximate surface area is 173 Å². The molecule has 0 fully saturated rings. The first-order valence-electron chi connectivity index (χ1n) is 9.31. The van der Waals surface area contributed by atoms with Gasteiger partial charge in [-0.25, -0.2) is 9.67 Å². The summed E-state index contributed by atoms with van der Waals surface area (Å²) in [6.45, 7) is 0. The summed E-state index contributed by atoms with van der Waals surface area (Å²) in [5, 5.41) is 7.28. The smallest absolute Gasteiger partial charge is 0.295 e. The van der Waals surface area contributed by atoms with Crippen molar-refractivity contribution in [3.63, 3.8) is 0 Å². The van der Waals surface area contributed by atoms with Crippen molar-refractivity contribution in [2.24, 2.45) is 0 Å². The minimum absolute atomic E-state index is 0.0625. The van der Waals surface area contributed by atoms with Gasteiger partial charge in [0.05, 0.1) is 19.9 Å². The molecule has 0 aliphatic carbocycles. The topological polar surface area (TPSA) is 78.3 Å². The predicted molar refractivity (Wildman–Crippen MR) is 114 cm³/mol. The van der Waals surface area contributed by atoms with E-state index in [0.29, 0.717) is 23.0 Å². The largest absolute Gasteiger partial charge is 0.493 e. The number of amides is 1. The summed E-state index contributed by atoms with van der Waals surface area (Å²) in [6, 6.07) is 24.3. The fourth-order valence-corrected chi connectivity index (χ4v) is 3.03. The van der Waals surface area contributed by atoms with Gasteiger partial charge in [0.25, 0.3) is 5.91 Å². The summed E-state index contributed by atoms with van der Waals surface area (Å²) in [5.74, 6) is 1.32. The number of methoxy groups -OCH3 is 2. The molecule has 0 spiro atoms. The van der Waals surface area contributed by atoms with Crippen LogP contribution in [0.2, 0.25) is 0 Å². The highest BCUT2D eigenvalue weighted by Crippen LogP contribution is 2.30. The molecule has 7 nitrogen and oxygen atoms in total. The Morgan fingerprint density at radius 1 is 0.867 bits per heavy atom. The molecule has 30 heavy (non-hydrogen) atoms. The van der Waals surface area contributed by atoms with Crippen LogP contribution in [0.15, 0.2) is 78.9 Å². The Kier molecular flexibility index (Phi) is 5.43. The summed E-state index contributed by atoms with van der Waals surface area (Å²) in [4.78, 5) is 17.4. The first kappa shape index (κ1) is 19.2. The maximum absolute atomic E-state index is 12.9. The van der Waals surface area contributed by atoms with E-state index in [-0.39, 0.29) is 5.82 Å². The summed E-state index contributed by atoms with van der Waals surface area (Å²) < 4.78 is 12.2. The van der Waals surface area contributed by atoms with E-state index < -0.39 is 5.91 Å². The van der Waals surface area contributed by atoms with Crippen LogP contribution in [-0.2, 0) is 0 Å². The van der Waals surface area contributed by atoms with Gasteiger partial charge in [-0.05, 0) is 24.3 Å². The second-order valence-corrected chi connectivity index (χ2v) is 6.40. The number of anilines is 1. The minimum Gasteiger partial charge on any atom is -0.493 e. The lowest BCUT2D eigenvalue weighted by atomic mass is 10.2. The molecule has 0 saturated carbocycles. The lowest BCUT2D eigenvalue weighted by Gasteiger charge is -2.09. The first-order valence-corrected chi connectivity index (χ1v) is 9.31. The van der Waals surface area contributed by atoms with Gasteiger partial charge in [0.15, 0.2) is 17.3 Å². The molecular formula is C23H20N4O3. The number of carbonyl (C=O) groups excluding carboxylic acids is 1. The number of nitrogens with zero attached hydrogens (tertiary/aromatic N) is 3. The van der Waals surface area contributed by atoms with E-state index in [4.69, 9.17) is 9.47 Å². The number of carbonyl (C=O) groups is 1. The minimum atomic E-state index is -0.422. The van der Waals surface area contributed by atoms with Crippen LogP contribution in [-0.4, -0.2) is 34.9 Å². The summed E-state index contributed by atoms with van der Waals surface area (Å²) in [5.41, 5.74) is 2.23. The zero-order valence-corrected chi connectivity index (χ0v) is 16.6. The van der Waals surface area contributed by atoms with Gasteiger partial charge >= 0.3 is 0 Å². The average molecular weight is 400 g/mol. The van der Waals surface area contributed by atoms with Gasteiger partial charge < -0.3 is 14.8 Å². The standard InChI is InChI=1S/C23H20N4O3/c1-29-19-14-13-17(15-20(19)30-2)24-23(28)21-25-22(16-9-5-3-6-10-16)27(26-21)18-11-7-4-8-12-18/h3-15H,1-2H3,(H,24,28). The SMILES string of the molecule is COc1ccc(NC(=O)c2nc(-c3ccccc3)n(-c3ccccc3)n2)cc1OC. The number of benzene rings is 3. The second-order valence-electron chi connectivity index (χ2n) is 6.40. The number of para-hydroxylation sites is 1. The van der Waals surface area contributed by atoms with Crippen LogP contribution in [0.1, 0.15) is 10.6 Å². The van der Waals surface area contributed by atoms with Crippen molar-refractivity contribution in [2.75, 3.05) is 19.5 Å². The van der Waals surface area contributed by atoms with E-state index in [1.165, 1.54) is 0 Å². The average Bonchev–Trinajstić information content (AvgIpc) is 3.26. The molecule has 1 aromatic heterocycles. The zero-order chi connectivity index (χ0) is 20.9. The molecule has 0 aliphatic heterocycles. The van der Waals surface area contributed by atoms with Crippen molar-refractivity contribution < 1.29 is 14.3 Å². The highest BCUT2D eigenvalue weighted by molar-refractivity contribution is 6.02. The molecule has 4 aromatic rings. The van der Waals surface area contributed by atoms with Crippen molar-refractivity contribution in [1.82, 2.24) is 14.8 Å². The van der Waals surface area contributed by atoms with Crippen LogP contribution in [0.25, 0.3) is 17.1 Å². The Morgan fingerprint density at radius 2 is 1.53 bits per heavy atom. The summed E-state index contributed by atoms with van der Waals surface area (Å²) in [6.07, 6.45) is 0. The molecular weight excluding hydrogens is 380 g/mol. The van der Waals surface area contributed by atoms with E-state index in [0.717, 1.165) is 11.3 Å². The third-order valence-electron chi connectivity index (χ3n) is 4.48. The van der Waals surface area contributed by atoms with Crippen LogP contribution in [0.4, 0.5) is 5.69 Å². The van der Waals surface area contributed by atoms with Crippen molar-refractivity contribution in [3.05, 3.63) is 84.7 Å². The summed E-state index contributed by atoms with van der Waals surface area (Å²) in [7, 11) is 3.10. The maximum Gasteiger partial charge on any atom is 0.295 e. The van der Waals surface area contributed by atoms with Crippen molar-refractivity contribution in [3.8, 4) is 28.6 Å². The number of ether oxygens (including phenoxy) is 2. The molecule has 1 heterocycles. The van der Waals surface area contributed by atoms with Crippen LogP contribution in [0, 0.1) is 0 Å². The van der Waals surface area contributed by atoms with Gasteiger partial charge in [-0.15, -0.1) is 5.10 Å². The van der Waals surface area contributed by atoms with E-state index in [2.05, 4.69) is 15.4 Å². The molecule has 0 radical (unpaired) electrons.